The number of hydrogen-bond donors (Lipinski definition) is 1. The van der Waals surface area contributed by atoms with E-state index in [9.17, 15) is 13.6 Å². The molecule has 0 bridgehead atoms. The summed E-state index contributed by atoms with van der Waals surface area (Å²) >= 11 is 6.13. The predicted molar refractivity (Wildman–Crippen MR) is 102 cm³/mol. The average Bonchev–Trinajstić information content (AvgIpc) is 3.16. The van der Waals surface area contributed by atoms with Gasteiger partial charge in [0.1, 0.15) is 6.33 Å². The molecular formula is C20H17ClF2N4O. The molecule has 0 fully saturated rings. The molecule has 1 aliphatic heterocycles. The molecule has 1 aromatic heterocycles. The van der Waals surface area contributed by atoms with Crippen molar-refractivity contribution in [2.24, 2.45) is 0 Å². The number of carbonyl (C=O) groups excluding carboxylic acids is 1. The van der Waals surface area contributed by atoms with Crippen LogP contribution in [0.4, 0.5) is 14.7 Å². The lowest BCUT2D eigenvalue weighted by molar-refractivity contribution is 0.0676. The quantitative estimate of drug-likeness (QED) is 0.635. The van der Waals surface area contributed by atoms with Crippen molar-refractivity contribution in [3.05, 3.63) is 76.1 Å². The van der Waals surface area contributed by atoms with Gasteiger partial charge in [-0.05, 0) is 42.7 Å². The first-order chi connectivity index (χ1) is 13.4. The lowest BCUT2D eigenvalue weighted by atomic mass is 9.89. The summed E-state index contributed by atoms with van der Waals surface area (Å²) in [6.45, 7) is 2.01. The normalized spacial score (nSPS) is 18.6. The molecule has 2 atom stereocenters. The minimum absolute atomic E-state index is 0.0459. The van der Waals surface area contributed by atoms with Crippen molar-refractivity contribution in [3.63, 3.8) is 0 Å². The van der Waals surface area contributed by atoms with Crippen molar-refractivity contribution < 1.29 is 13.6 Å². The highest BCUT2D eigenvalue weighted by molar-refractivity contribution is 6.30. The van der Waals surface area contributed by atoms with E-state index in [0.29, 0.717) is 23.0 Å². The third-order valence-corrected chi connectivity index (χ3v) is 5.18. The molecule has 4 rings (SSSR count). The number of nitrogens with zero attached hydrogens (tertiary/aromatic N) is 3. The second-order valence-corrected chi connectivity index (χ2v) is 7.22. The van der Waals surface area contributed by atoms with Gasteiger partial charge in [-0.1, -0.05) is 41.4 Å². The molecule has 1 N–H and O–H groups in total. The first kappa shape index (κ1) is 18.6. The second kappa shape index (κ2) is 7.31. The van der Waals surface area contributed by atoms with E-state index in [1.54, 1.807) is 10.7 Å². The number of fused-ring (bicyclic) bond motifs is 1. The number of Topliss-reactive ketones (excluding diaryl/α,β-unsaturated/α-hetero) is 1. The Morgan fingerprint density at radius 1 is 1.25 bits per heavy atom. The SMILES string of the molecule is Cc1ccc([C@@H]2C[C@@H](c3cc(Cl)ccc3C(=O)C(F)F)n3ncnc3N2)cc1. The number of halogens is 3. The summed E-state index contributed by atoms with van der Waals surface area (Å²) in [5, 5.41) is 7.92. The predicted octanol–water partition coefficient (Wildman–Crippen LogP) is 4.83. The van der Waals surface area contributed by atoms with Crippen LogP contribution in [0.25, 0.3) is 0 Å². The van der Waals surface area contributed by atoms with Crippen molar-refractivity contribution in [3.8, 4) is 0 Å². The molecule has 5 nitrogen and oxygen atoms in total. The Labute approximate surface area is 165 Å². The largest absolute Gasteiger partial charge is 0.348 e. The van der Waals surface area contributed by atoms with Crippen molar-refractivity contribution in [1.82, 2.24) is 14.8 Å². The molecule has 144 valence electrons. The van der Waals surface area contributed by atoms with Gasteiger partial charge < -0.3 is 5.32 Å². The van der Waals surface area contributed by atoms with Crippen LogP contribution in [0.1, 0.15) is 45.6 Å². The van der Waals surface area contributed by atoms with Crippen LogP contribution >= 0.6 is 11.6 Å². The molecule has 2 aromatic carbocycles. The Morgan fingerprint density at radius 2 is 2.00 bits per heavy atom. The van der Waals surface area contributed by atoms with Crippen LogP contribution in [-0.4, -0.2) is 27.0 Å². The summed E-state index contributed by atoms with van der Waals surface area (Å²) in [4.78, 5) is 16.3. The highest BCUT2D eigenvalue weighted by Gasteiger charge is 2.33. The number of ketones is 1. The van der Waals surface area contributed by atoms with E-state index >= 15 is 0 Å². The molecule has 28 heavy (non-hydrogen) atoms. The van der Waals surface area contributed by atoms with Crippen molar-refractivity contribution in [2.75, 3.05) is 5.32 Å². The Morgan fingerprint density at radius 3 is 2.71 bits per heavy atom. The van der Waals surface area contributed by atoms with E-state index in [2.05, 4.69) is 15.4 Å². The number of anilines is 1. The number of alkyl halides is 2. The fourth-order valence-corrected chi connectivity index (χ4v) is 3.73. The monoisotopic (exact) mass is 402 g/mol. The number of aryl methyl sites for hydroxylation is 1. The lowest BCUT2D eigenvalue weighted by Gasteiger charge is -2.32. The summed E-state index contributed by atoms with van der Waals surface area (Å²) in [6.07, 6.45) is -1.19. The molecule has 0 amide bonds. The third-order valence-electron chi connectivity index (χ3n) is 4.95. The van der Waals surface area contributed by atoms with Crippen LogP contribution < -0.4 is 5.32 Å². The summed E-state index contributed by atoms with van der Waals surface area (Å²) in [6, 6.07) is 11.8. The zero-order valence-corrected chi connectivity index (χ0v) is 15.7. The zero-order chi connectivity index (χ0) is 19.8. The summed E-state index contributed by atoms with van der Waals surface area (Å²) in [5.41, 5.74) is 2.55. The highest BCUT2D eigenvalue weighted by atomic mass is 35.5. The Kier molecular flexibility index (Phi) is 4.85. The molecule has 8 heteroatoms. The van der Waals surface area contributed by atoms with Gasteiger partial charge in [-0.2, -0.15) is 10.1 Å². The van der Waals surface area contributed by atoms with Crippen LogP contribution in [0.5, 0.6) is 0 Å². The van der Waals surface area contributed by atoms with Crippen molar-refractivity contribution in [2.45, 2.75) is 31.9 Å². The van der Waals surface area contributed by atoms with E-state index in [0.717, 1.165) is 11.1 Å². The molecular weight excluding hydrogens is 386 g/mol. The molecule has 0 aliphatic carbocycles. The van der Waals surface area contributed by atoms with E-state index in [-0.39, 0.29) is 11.6 Å². The average molecular weight is 403 g/mol. The Balaban J connectivity index is 1.80. The zero-order valence-electron chi connectivity index (χ0n) is 14.9. The van der Waals surface area contributed by atoms with Crippen molar-refractivity contribution in [1.29, 1.82) is 0 Å². The molecule has 0 saturated carbocycles. The summed E-state index contributed by atoms with van der Waals surface area (Å²) in [7, 11) is 0. The van der Waals surface area contributed by atoms with Gasteiger partial charge >= 0.3 is 6.43 Å². The number of hydrogen-bond acceptors (Lipinski definition) is 4. The fourth-order valence-electron chi connectivity index (χ4n) is 3.55. The van der Waals surface area contributed by atoms with Crippen LogP contribution in [0.2, 0.25) is 5.02 Å². The van der Waals surface area contributed by atoms with Crippen LogP contribution in [0.15, 0.2) is 48.8 Å². The van der Waals surface area contributed by atoms with Gasteiger partial charge in [0, 0.05) is 10.6 Å². The van der Waals surface area contributed by atoms with E-state index < -0.39 is 18.3 Å². The lowest BCUT2D eigenvalue weighted by Crippen LogP contribution is -2.29. The molecule has 0 unspecified atom stereocenters. The standard InChI is InChI=1S/C20H17ClF2N4O/c1-11-2-4-12(5-3-11)16-9-17(27-20(26-16)24-10-25-27)15-8-13(21)6-7-14(15)18(28)19(22)23/h2-8,10,16-17,19H,9H2,1H3,(H,24,25,26)/t16-,17-/m0/s1. The smallest absolute Gasteiger partial charge is 0.300 e. The molecule has 1 aliphatic rings. The van der Waals surface area contributed by atoms with Gasteiger partial charge in [-0.25, -0.2) is 13.5 Å². The van der Waals surface area contributed by atoms with E-state index in [1.807, 2.05) is 31.2 Å². The van der Waals surface area contributed by atoms with E-state index in [1.165, 1.54) is 18.5 Å². The number of aromatic nitrogens is 3. The van der Waals surface area contributed by atoms with Crippen LogP contribution in [-0.2, 0) is 0 Å². The van der Waals surface area contributed by atoms with Gasteiger partial charge in [0.2, 0.25) is 11.7 Å². The fraction of sp³-hybridized carbons (Fsp3) is 0.250. The van der Waals surface area contributed by atoms with Crippen molar-refractivity contribution >= 4 is 23.3 Å². The van der Waals surface area contributed by atoms with Gasteiger partial charge in [0.15, 0.2) is 0 Å². The van der Waals surface area contributed by atoms with Gasteiger partial charge in [-0.3, -0.25) is 4.79 Å². The first-order valence-electron chi connectivity index (χ1n) is 8.78. The maximum Gasteiger partial charge on any atom is 0.300 e. The highest BCUT2D eigenvalue weighted by Crippen LogP contribution is 2.39. The number of nitrogens with one attached hydrogen (secondary N) is 1. The molecule has 0 radical (unpaired) electrons. The maximum absolute atomic E-state index is 13.1. The number of rotatable bonds is 4. The molecule has 3 aromatic rings. The van der Waals surface area contributed by atoms with Crippen LogP contribution in [0, 0.1) is 6.92 Å². The molecule has 2 heterocycles. The van der Waals surface area contributed by atoms with Gasteiger partial charge in [0.25, 0.3) is 0 Å². The topological polar surface area (TPSA) is 59.8 Å². The number of carbonyl (C=O) groups is 1. The van der Waals surface area contributed by atoms with Crippen LogP contribution in [0.3, 0.4) is 0 Å². The Bertz CT molecular complexity index is 1020. The van der Waals surface area contributed by atoms with Gasteiger partial charge in [-0.15, -0.1) is 0 Å². The minimum Gasteiger partial charge on any atom is -0.348 e. The minimum atomic E-state index is -3.09. The second-order valence-electron chi connectivity index (χ2n) is 6.78. The molecule has 0 spiro atoms. The third kappa shape index (κ3) is 3.38. The summed E-state index contributed by atoms with van der Waals surface area (Å²) in [5.74, 6) is -0.712. The van der Waals surface area contributed by atoms with E-state index in [4.69, 9.17) is 11.6 Å². The number of benzene rings is 2. The first-order valence-corrected chi connectivity index (χ1v) is 9.16. The Hall–Kier alpha value is -2.80. The molecule has 0 saturated heterocycles. The van der Waals surface area contributed by atoms with Gasteiger partial charge in [0.05, 0.1) is 12.1 Å². The maximum atomic E-state index is 13.1. The summed E-state index contributed by atoms with van der Waals surface area (Å²) < 4.78 is 27.9.